The molecule has 0 heterocycles. The van der Waals surface area contributed by atoms with Gasteiger partial charge in [0.05, 0.1) is 26.4 Å². The summed E-state index contributed by atoms with van der Waals surface area (Å²) < 4.78 is 69.3. The lowest BCUT2D eigenvalue weighted by atomic mass is 9.99. The second-order valence-corrected chi connectivity index (χ2v) is 39.2. The van der Waals surface area contributed by atoms with Crippen molar-refractivity contribution < 1.29 is 80.2 Å². The Labute approximate surface area is 728 Å². The lowest BCUT2D eigenvalue weighted by molar-refractivity contribution is -0.161. The number of hydrogen-bond acceptors (Lipinski definition) is 15. The van der Waals surface area contributed by atoms with Gasteiger partial charge in [0.25, 0.3) is 0 Å². The third kappa shape index (κ3) is 90.3. The average molecular weight is 1720 g/mol. The number of carbonyl (C=O) groups excluding carboxylic acids is 4. The van der Waals surface area contributed by atoms with Crippen molar-refractivity contribution in [2.24, 2.45) is 11.8 Å². The third-order valence-electron chi connectivity index (χ3n) is 23.8. The van der Waals surface area contributed by atoms with E-state index in [0.29, 0.717) is 25.7 Å². The number of unbranched alkanes of at least 4 members (excludes halogenated alkanes) is 67. The van der Waals surface area contributed by atoms with Gasteiger partial charge in [0.1, 0.15) is 19.3 Å². The first kappa shape index (κ1) is 116. The SMILES string of the molecule is CCCCCCCCCCCCCCCCCCCCCCCCC(=O)OC[C@H](COP(=O)(O)OC[C@@H](O)COP(=O)(O)OC[C@@H](COC(=O)CCCCCCCCCCCCCCC)OC(=O)CCCCCCCCCCCCCCCCCCCCC(C)C)OC(=O)CCCCCCCCCCCCCCCCCCCCC(C)CC. The number of aliphatic hydroxyl groups is 1. The number of carbonyl (C=O) groups is 4. The molecule has 0 spiro atoms. The smallest absolute Gasteiger partial charge is 0.462 e. The van der Waals surface area contributed by atoms with E-state index in [2.05, 4.69) is 41.5 Å². The van der Waals surface area contributed by atoms with Crippen LogP contribution >= 0.6 is 15.6 Å². The average Bonchev–Trinajstić information content (AvgIpc) is 0.898. The van der Waals surface area contributed by atoms with E-state index in [9.17, 15) is 43.2 Å². The van der Waals surface area contributed by atoms with Crippen molar-refractivity contribution in [3.63, 3.8) is 0 Å². The summed E-state index contributed by atoms with van der Waals surface area (Å²) >= 11 is 0. The Bertz CT molecular complexity index is 2240. The Morgan fingerprint density at radius 3 is 0.644 bits per heavy atom. The van der Waals surface area contributed by atoms with Gasteiger partial charge >= 0.3 is 39.5 Å². The molecule has 17 nitrogen and oxygen atoms in total. The normalized spacial score (nSPS) is 13.8. The zero-order valence-corrected chi connectivity index (χ0v) is 80.0. The molecule has 0 radical (unpaired) electrons. The molecule has 0 saturated carbocycles. The van der Waals surface area contributed by atoms with Crippen LogP contribution in [-0.2, 0) is 65.4 Å². The topological polar surface area (TPSA) is 237 Å². The maximum Gasteiger partial charge on any atom is 0.472 e. The molecule has 19 heteroatoms. The van der Waals surface area contributed by atoms with E-state index in [4.69, 9.17) is 37.0 Å². The van der Waals surface area contributed by atoms with Crippen LogP contribution in [0.4, 0.5) is 0 Å². The molecule has 3 N–H and O–H groups in total. The number of esters is 4. The molecule has 0 aliphatic carbocycles. The molecule has 6 atom stereocenters. The van der Waals surface area contributed by atoms with E-state index in [1.165, 1.54) is 360 Å². The highest BCUT2D eigenvalue weighted by Crippen LogP contribution is 2.45. The van der Waals surface area contributed by atoms with Gasteiger partial charge in [-0.05, 0) is 37.5 Å². The maximum absolute atomic E-state index is 13.2. The van der Waals surface area contributed by atoms with Crippen molar-refractivity contribution in [3.05, 3.63) is 0 Å². The van der Waals surface area contributed by atoms with Crippen LogP contribution in [-0.4, -0.2) is 96.7 Å². The highest BCUT2D eigenvalue weighted by atomic mass is 31.2. The minimum atomic E-state index is -4.97. The van der Waals surface area contributed by atoms with Crippen molar-refractivity contribution >= 4 is 39.5 Å². The van der Waals surface area contributed by atoms with Gasteiger partial charge in [0.15, 0.2) is 12.2 Å². The Morgan fingerprint density at radius 2 is 0.432 bits per heavy atom. The molecule has 0 bridgehead atoms. The van der Waals surface area contributed by atoms with Crippen LogP contribution in [0.2, 0.25) is 0 Å². The first-order valence-electron chi connectivity index (χ1n) is 51.0. The molecule has 0 fully saturated rings. The van der Waals surface area contributed by atoms with Gasteiger partial charge in [-0.3, -0.25) is 37.3 Å². The lowest BCUT2D eigenvalue weighted by Gasteiger charge is -2.21. The first-order chi connectivity index (χ1) is 57.4. The minimum absolute atomic E-state index is 0.109. The lowest BCUT2D eigenvalue weighted by Crippen LogP contribution is -2.30. The van der Waals surface area contributed by atoms with Crippen molar-refractivity contribution in [2.75, 3.05) is 39.6 Å². The summed E-state index contributed by atoms with van der Waals surface area (Å²) in [6, 6.07) is 0. The highest BCUT2D eigenvalue weighted by Gasteiger charge is 2.31. The minimum Gasteiger partial charge on any atom is -0.462 e. The number of ether oxygens (including phenoxy) is 4. The summed E-state index contributed by atoms with van der Waals surface area (Å²) in [5.74, 6) is -0.394. The van der Waals surface area contributed by atoms with Gasteiger partial charge < -0.3 is 33.8 Å². The fraction of sp³-hybridized carbons (Fsp3) is 0.960. The van der Waals surface area contributed by atoms with Crippen molar-refractivity contribution in [3.8, 4) is 0 Å². The summed E-state index contributed by atoms with van der Waals surface area (Å²) in [5, 5.41) is 10.7. The van der Waals surface area contributed by atoms with Crippen LogP contribution in [0, 0.1) is 11.8 Å². The fourth-order valence-electron chi connectivity index (χ4n) is 15.7. The molecule has 702 valence electrons. The summed E-state index contributed by atoms with van der Waals surface area (Å²) in [6.07, 6.45) is 87.7. The molecule has 118 heavy (non-hydrogen) atoms. The van der Waals surface area contributed by atoms with Gasteiger partial charge in [-0.25, -0.2) is 9.13 Å². The van der Waals surface area contributed by atoms with E-state index in [0.717, 1.165) is 102 Å². The third-order valence-corrected chi connectivity index (χ3v) is 25.7. The summed E-state index contributed by atoms with van der Waals surface area (Å²) in [4.78, 5) is 73.7. The molecular formula is C99H194O17P2. The summed E-state index contributed by atoms with van der Waals surface area (Å²) in [7, 11) is -9.95. The van der Waals surface area contributed by atoms with E-state index >= 15 is 0 Å². The second kappa shape index (κ2) is 89.9. The highest BCUT2D eigenvalue weighted by molar-refractivity contribution is 7.47. The molecule has 0 aliphatic rings. The molecule has 3 unspecified atom stereocenters. The largest absolute Gasteiger partial charge is 0.472 e. The maximum atomic E-state index is 13.2. The van der Waals surface area contributed by atoms with E-state index < -0.39 is 97.5 Å². The number of phosphoric acid groups is 2. The van der Waals surface area contributed by atoms with Crippen LogP contribution in [0.15, 0.2) is 0 Å². The van der Waals surface area contributed by atoms with Crippen LogP contribution < -0.4 is 0 Å². The van der Waals surface area contributed by atoms with E-state index in [1.807, 2.05) is 0 Å². The zero-order chi connectivity index (χ0) is 86.2. The molecule has 0 aromatic carbocycles. The van der Waals surface area contributed by atoms with Gasteiger partial charge in [-0.2, -0.15) is 0 Å². The quantitative estimate of drug-likeness (QED) is 0.0222. The fourth-order valence-corrected chi connectivity index (χ4v) is 17.3. The van der Waals surface area contributed by atoms with Gasteiger partial charge in [0, 0.05) is 25.7 Å². The monoisotopic (exact) mass is 1720 g/mol. The predicted molar refractivity (Wildman–Crippen MR) is 492 cm³/mol. The standard InChI is InChI=1S/C99H194O17P2/c1-7-10-12-14-16-18-20-22-23-24-25-26-27-28-35-40-46-52-58-64-70-76-82-97(102)110-88-95(116-99(104)84-78-72-66-60-54-48-42-37-32-30-34-39-45-50-56-62-68-74-80-92(6)9-3)90-114-118(107,108)112-86-93(100)85-111-117(105,106)113-89-94(87-109-96(101)81-75-69-63-57-51-43-21-19-17-15-13-11-8-2)115-98(103)83-77-71-65-59-53-47-41-36-31-29-33-38-44-49-55-61-67-73-79-91(4)5/h91-95,100H,7-90H2,1-6H3,(H,105,106)(H,107,108)/t92?,93-,94+,95+/m0/s1. The number of phosphoric ester groups is 2. The zero-order valence-electron chi connectivity index (χ0n) is 78.2. The van der Waals surface area contributed by atoms with Gasteiger partial charge in [-0.1, -0.05) is 491 Å². The Balaban J connectivity index is 5.24. The summed E-state index contributed by atoms with van der Waals surface area (Å²) in [5.41, 5.74) is 0. The van der Waals surface area contributed by atoms with Gasteiger partial charge in [-0.15, -0.1) is 0 Å². The van der Waals surface area contributed by atoms with Crippen LogP contribution in [0.5, 0.6) is 0 Å². The van der Waals surface area contributed by atoms with Crippen LogP contribution in [0.1, 0.15) is 542 Å². The number of aliphatic hydroxyl groups excluding tert-OH is 1. The Morgan fingerprint density at radius 1 is 0.246 bits per heavy atom. The Hall–Kier alpha value is -1.94. The van der Waals surface area contributed by atoms with Crippen LogP contribution in [0.25, 0.3) is 0 Å². The molecule has 0 aromatic heterocycles. The molecule has 0 amide bonds. The van der Waals surface area contributed by atoms with Crippen molar-refractivity contribution in [2.45, 2.75) is 561 Å². The number of rotatable bonds is 98. The number of hydrogen-bond donors (Lipinski definition) is 3. The molecule has 0 aromatic rings. The van der Waals surface area contributed by atoms with E-state index in [-0.39, 0.29) is 25.7 Å². The molecule has 0 saturated heterocycles. The van der Waals surface area contributed by atoms with Gasteiger partial charge in [0.2, 0.25) is 0 Å². The summed E-state index contributed by atoms with van der Waals surface area (Å²) in [6.45, 7) is 9.86. The molecular weight excluding hydrogens is 1520 g/mol. The van der Waals surface area contributed by atoms with E-state index in [1.54, 1.807) is 0 Å². The van der Waals surface area contributed by atoms with Crippen molar-refractivity contribution in [1.82, 2.24) is 0 Å². The van der Waals surface area contributed by atoms with Crippen LogP contribution in [0.3, 0.4) is 0 Å². The Kier molecular flexibility index (Phi) is 88.4. The first-order valence-corrected chi connectivity index (χ1v) is 54.0. The van der Waals surface area contributed by atoms with Crippen molar-refractivity contribution in [1.29, 1.82) is 0 Å². The molecule has 0 rings (SSSR count). The predicted octanol–water partition coefficient (Wildman–Crippen LogP) is 31.3. The second-order valence-electron chi connectivity index (χ2n) is 36.2. The molecule has 0 aliphatic heterocycles.